The number of unbranched alkanes of at least 4 members (excludes halogenated alkanes) is 2. The second-order valence-electron chi connectivity index (χ2n) is 5.24. The van der Waals surface area contributed by atoms with E-state index >= 15 is 0 Å². The van der Waals surface area contributed by atoms with Crippen LogP contribution in [0.2, 0.25) is 0 Å². The molecule has 2 amide bonds. The van der Waals surface area contributed by atoms with E-state index in [4.69, 9.17) is 5.73 Å². The van der Waals surface area contributed by atoms with E-state index in [1.807, 2.05) is 0 Å². The third-order valence-corrected chi connectivity index (χ3v) is 3.48. The largest absolute Gasteiger partial charge is 0.339 e. The van der Waals surface area contributed by atoms with E-state index < -0.39 is 0 Å². The fourth-order valence-corrected chi connectivity index (χ4v) is 2.29. The van der Waals surface area contributed by atoms with Crippen molar-refractivity contribution in [3.8, 4) is 0 Å². The Morgan fingerprint density at radius 1 is 0.900 bits per heavy atom. The quantitative estimate of drug-likeness (QED) is 0.533. The number of hydrogen-bond donors (Lipinski definition) is 1. The Hall–Kier alpha value is -1.43. The van der Waals surface area contributed by atoms with E-state index in [1.165, 1.54) is 6.92 Å². The summed E-state index contributed by atoms with van der Waals surface area (Å²) in [5.74, 6) is -0.0957. The lowest BCUT2D eigenvalue weighted by molar-refractivity contribution is -0.141. The number of hydrogen-bond acceptors (Lipinski definition) is 4. The van der Waals surface area contributed by atoms with E-state index in [9.17, 15) is 14.4 Å². The molecule has 1 fully saturated rings. The van der Waals surface area contributed by atoms with Crippen LogP contribution in [-0.2, 0) is 14.4 Å². The fourth-order valence-electron chi connectivity index (χ4n) is 2.29. The highest BCUT2D eigenvalue weighted by Gasteiger charge is 2.24. The average Bonchev–Trinajstić information content (AvgIpc) is 2.43. The third kappa shape index (κ3) is 5.69. The highest BCUT2D eigenvalue weighted by molar-refractivity contribution is 5.96. The van der Waals surface area contributed by atoms with Crippen molar-refractivity contribution in [1.29, 1.82) is 0 Å². The first kappa shape index (κ1) is 16.6. The van der Waals surface area contributed by atoms with Crippen LogP contribution in [-0.4, -0.2) is 60.1 Å². The first-order chi connectivity index (χ1) is 9.54. The number of carbonyl (C=O) groups excluding carboxylic acids is 3. The Labute approximate surface area is 120 Å². The summed E-state index contributed by atoms with van der Waals surface area (Å²) in [5.41, 5.74) is 5.41. The predicted molar refractivity (Wildman–Crippen MR) is 76.0 cm³/mol. The van der Waals surface area contributed by atoms with E-state index in [1.54, 1.807) is 9.80 Å². The maximum atomic E-state index is 12.0. The van der Waals surface area contributed by atoms with E-state index in [-0.39, 0.29) is 24.0 Å². The molecule has 0 aliphatic carbocycles. The standard InChI is InChI=1S/C14H25N3O3/c1-12(18)11-14(20)17-9-7-16(8-10-17)13(19)5-3-2-4-6-15/h2-11,15H2,1H3. The number of carbonyl (C=O) groups is 3. The molecule has 6 heteroatoms. The van der Waals surface area contributed by atoms with Gasteiger partial charge in [0.15, 0.2) is 0 Å². The minimum Gasteiger partial charge on any atom is -0.339 e. The van der Waals surface area contributed by atoms with Gasteiger partial charge in [0.25, 0.3) is 0 Å². The van der Waals surface area contributed by atoms with Crippen LogP contribution in [0.1, 0.15) is 39.0 Å². The zero-order valence-corrected chi connectivity index (χ0v) is 12.3. The summed E-state index contributed by atoms with van der Waals surface area (Å²) < 4.78 is 0. The van der Waals surface area contributed by atoms with E-state index in [0.29, 0.717) is 39.1 Å². The Morgan fingerprint density at radius 2 is 1.45 bits per heavy atom. The van der Waals surface area contributed by atoms with Gasteiger partial charge in [0, 0.05) is 32.6 Å². The molecule has 0 bridgehead atoms. The van der Waals surface area contributed by atoms with Gasteiger partial charge in [-0.3, -0.25) is 14.4 Å². The van der Waals surface area contributed by atoms with Gasteiger partial charge in [0.05, 0.1) is 6.42 Å². The molecule has 1 aliphatic rings. The van der Waals surface area contributed by atoms with Gasteiger partial charge in [0.1, 0.15) is 5.78 Å². The van der Waals surface area contributed by atoms with Crippen molar-refractivity contribution in [3.63, 3.8) is 0 Å². The molecular formula is C14H25N3O3. The number of rotatable bonds is 7. The van der Waals surface area contributed by atoms with Crippen LogP contribution in [0.15, 0.2) is 0 Å². The smallest absolute Gasteiger partial charge is 0.230 e. The molecule has 0 aromatic carbocycles. The van der Waals surface area contributed by atoms with Gasteiger partial charge in [-0.05, 0) is 26.3 Å². The Kier molecular flexibility index (Phi) is 7.22. The summed E-state index contributed by atoms with van der Waals surface area (Å²) in [6.45, 7) is 4.28. The second-order valence-corrected chi connectivity index (χ2v) is 5.24. The molecule has 0 aromatic heterocycles. The number of nitrogens with two attached hydrogens (primary N) is 1. The maximum absolute atomic E-state index is 12.0. The topological polar surface area (TPSA) is 83.7 Å². The monoisotopic (exact) mass is 283 g/mol. The van der Waals surface area contributed by atoms with Gasteiger partial charge >= 0.3 is 0 Å². The molecular weight excluding hydrogens is 258 g/mol. The molecule has 1 rings (SSSR count). The third-order valence-electron chi connectivity index (χ3n) is 3.48. The average molecular weight is 283 g/mol. The van der Waals surface area contributed by atoms with Crippen molar-refractivity contribution in [2.45, 2.75) is 39.0 Å². The fraction of sp³-hybridized carbons (Fsp3) is 0.786. The first-order valence-electron chi connectivity index (χ1n) is 7.29. The number of piperazine rings is 1. The molecule has 114 valence electrons. The van der Waals surface area contributed by atoms with Crippen LogP contribution >= 0.6 is 0 Å². The molecule has 1 saturated heterocycles. The molecule has 2 N–H and O–H groups in total. The number of ketones is 1. The molecule has 1 aliphatic heterocycles. The minimum atomic E-state index is -0.132. The van der Waals surface area contributed by atoms with Gasteiger partial charge in [-0.15, -0.1) is 0 Å². The first-order valence-corrected chi connectivity index (χ1v) is 7.29. The zero-order valence-electron chi connectivity index (χ0n) is 12.3. The Balaban J connectivity index is 2.25. The normalized spacial score (nSPS) is 15.3. The summed E-state index contributed by atoms with van der Waals surface area (Å²) in [6, 6.07) is 0. The van der Waals surface area contributed by atoms with Crippen LogP contribution in [0.4, 0.5) is 0 Å². The van der Waals surface area contributed by atoms with Crippen LogP contribution in [0.25, 0.3) is 0 Å². The van der Waals surface area contributed by atoms with Crippen LogP contribution in [0.3, 0.4) is 0 Å². The lowest BCUT2D eigenvalue weighted by Gasteiger charge is -2.34. The summed E-state index contributed by atoms with van der Waals surface area (Å²) in [4.78, 5) is 38.1. The van der Waals surface area contributed by atoms with Crippen LogP contribution in [0, 0.1) is 0 Å². The summed E-state index contributed by atoms with van der Waals surface area (Å²) >= 11 is 0. The highest BCUT2D eigenvalue weighted by atomic mass is 16.2. The number of nitrogens with zero attached hydrogens (tertiary/aromatic N) is 2. The van der Waals surface area contributed by atoms with Crippen molar-refractivity contribution in [3.05, 3.63) is 0 Å². The van der Waals surface area contributed by atoms with Gasteiger partial charge in [-0.1, -0.05) is 6.42 Å². The van der Waals surface area contributed by atoms with Crippen LogP contribution < -0.4 is 5.73 Å². The van der Waals surface area contributed by atoms with Gasteiger partial charge in [0.2, 0.25) is 11.8 Å². The number of Topliss-reactive ketones (excluding diaryl/α,β-unsaturated/α-hetero) is 1. The molecule has 0 radical (unpaired) electrons. The predicted octanol–water partition coefficient (Wildman–Crippen LogP) is 0.155. The molecule has 0 atom stereocenters. The van der Waals surface area contributed by atoms with Crippen molar-refractivity contribution >= 4 is 17.6 Å². The minimum absolute atomic E-state index is 0.0347. The molecule has 0 aromatic rings. The lowest BCUT2D eigenvalue weighted by atomic mass is 10.1. The summed E-state index contributed by atoms with van der Waals surface area (Å²) in [7, 11) is 0. The highest BCUT2D eigenvalue weighted by Crippen LogP contribution is 2.08. The maximum Gasteiger partial charge on any atom is 0.230 e. The number of amides is 2. The molecule has 0 unspecified atom stereocenters. The van der Waals surface area contributed by atoms with Crippen molar-refractivity contribution in [1.82, 2.24) is 9.80 Å². The van der Waals surface area contributed by atoms with Gasteiger partial charge in [-0.2, -0.15) is 0 Å². The second kappa shape index (κ2) is 8.68. The molecule has 6 nitrogen and oxygen atoms in total. The Bertz CT molecular complexity index is 350. The van der Waals surface area contributed by atoms with E-state index in [2.05, 4.69) is 0 Å². The van der Waals surface area contributed by atoms with Gasteiger partial charge in [-0.25, -0.2) is 0 Å². The van der Waals surface area contributed by atoms with E-state index in [0.717, 1.165) is 19.3 Å². The van der Waals surface area contributed by atoms with Crippen molar-refractivity contribution in [2.24, 2.45) is 5.73 Å². The summed E-state index contributed by atoms with van der Waals surface area (Å²) in [6.07, 6.45) is 3.34. The SMILES string of the molecule is CC(=O)CC(=O)N1CCN(C(=O)CCCCCN)CC1. The lowest BCUT2D eigenvalue weighted by Crippen LogP contribution is -2.50. The van der Waals surface area contributed by atoms with Gasteiger partial charge < -0.3 is 15.5 Å². The van der Waals surface area contributed by atoms with Crippen molar-refractivity contribution in [2.75, 3.05) is 32.7 Å². The molecule has 0 saturated carbocycles. The molecule has 1 heterocycles. The zero-order chi connectivity index (χ0) is 15.0. The van der Waals surface area contributed by atoms with Crippen molar-refractivity contribution < 1.29 is 14.4 Å². The van der Waals surface area contributed by atoms with Crippen LogP contribution in [0.5, 0.6) is 0 Å². The Morgan fingerprint density at radius 3 is 1.95 bits per heavy atom. The summed E-state index contributed by atoms with van der Waals surface area (Å²) in [5, 5.41) is 0. The molecule has 20 heavy (non-hydrogen) atoms. The molecule has 0 spiro atoms.